The minimum absolute atomic E-state index is 0.0257. The Hall–Kier alpha value is -1.77. The van der Waals surface area contributed by atoms with Crippen LogP contribution in [0.15, 0.2) is 36.5 Å². The van der Waals surface area contributed by atoms with Gasteiger partial charge in [-0.15, -0.1) is 11.3 Å². The number of thiazole rings is 1. The van der Waals surface area contributed by atoms with E-state index in [0.29, 0.717) is 16.0 Å². The minimum Gasteiger partial charge on any atom is -0.302 e. The summed E-state index contributed by atoms with van der Waals surface area (Å²) in [7, 11) is 0. The number of thioether (sulfide) groups is 1. The van der Waals surface area contributed by atoms with Crippen molar-refractivity contribution in [2.75, 3.05) is 11.9 Å². The number of benzene rings is 1. The molecule has 2 aromatic rings. The summed E-state index contributed by atoms with van der Waals surface area (Å²) in [4.78, 5) is 30.9. The molecule has 1 N–H and O–H groups in total. The SMILES string of the molecule is CC1SC(=S)N(CCC(=O)Nc2ncc(Cc3ccccc3)s2)C1=O. The smallest absolute Gasteiger partial charge is 0.241 e. The van der Waals surface area contributed by atoms with Crippen molar-refractivity contribution in [3.8, 4) is 0 Å². The quantitative estimate of drug-likeness (QED) is 0.766. The molecule has 1 aromatic carbocycles. The molecule has 2 heterocycles. The first-order chi connectivity index (χ1) is 12.0. The lowest BCUT2D eigenvalue weighted by atomic mass is 10.1. The molecular formula is C17H17N3O2S3. The van der Waals surface area contributed by atoms with Crippen LogP contribution >= 0.6 is 35.3 Å². The number of anilines is 1. The van der Waals surface area contributed by atoms with E-state index in [0.717, 1.165) is 11.3 Å². The maximum absolute atomic E-state index is 12.1. The van der Waals surface area contributed by atoms with E-state index in [2.05, 4.69) is 22.4 Å². The van der Waals surface area contributed by atoms with Gasteiger partial charge in [0, 0.05) is 30.5 Å². The van der Waals surface area contributed by atoms with Crippen LogP contribution in [0.25, 0.3) is 0 Å². The maximum atomic E-state index is 12.1. The largest absolute Gasteiger partial charge is 0.302 e. The number of rotatable bonds is 6. The maximum Gasteiger partial charge on any atom is 0.241 e. The van der Waals surface area contributed by atoms with Crippen LogP contribution in [0.5, 0.6) is 0 Å². The van der Waals surface area contributed by atoms with Gasteiger partial charge in [0.25, 0.3) is 0 Å². The van der Waals surface area contributed by atoms with Crippen molar-refractivity contribution in [2.24, 2.45) is 0 Å². The van der Waals surface area contributed by atoms with Gasteiger partial charge < -0.3 is 5.32 Å². The van der Waals surface area contributed by atoms with Crippen molar-refractivity contribution in [2.45, 2.75) is 25.0 Å². The summed E-state index contributed by atoms with van der Waals surface area (Å²) in [6.45, 7) is 2.13. The molecule has 1 atom stereocenters. The number of thiocarbonyl (C=S) groups is 1. The molecule has 0 saturated carbocycles. The van der Waals surface area contributed by atoms with E-state index in [9.17, 15) is 9.59 Å². The lowest BCUT2D eigenvalue weighted by Crippen LogP contribution is -2.33. The second kappa shape index (κ2) is 8.07. The van der Waals surface area contributed by atoms with E-state index in [1.165, 1.54) is 33.6 Å². The van der Waals surface area contributed by atoms with Crippen molar-refractivity contribution in [1.82, 2.24) is 9.88 Å². The summed E-state index contributed by atoms with van der Waals surface area (Å²) >= 11 is 7.99. The summed E-state index contributed by atoms with van der Waals surface area (Å²) in [6, 6.07) is 10.1. The Balaban J connectivity index is 1.50. The van der Waals surface area contributed by atoms with Crippen molar-refractivity contribution in [3.05, 3.63) is 47.0 Å². The summed E-state index contributed by atoms with van der Waals surface area (Å²) in [6.07, 6.45) is 2.78. The third-order valence-electron chi connectivity index (χ3n) is 3.70. The predicted octanol–water partition coefficient (Wildman–Crippen LogP) is 3.31. The molecule has 2 amide bonds. The first-order valence-corrected chi connectivity index (χ1v) is 9.94. The first kappa shape index (κ1) is 18.0. The van der Waals surface area contributed by atoms with Crippen LogP contribution in [0.1, 0.15) is 23.8 Å². The van der Waals surface area contributed by atoms with Gasteiger partial charge in [0.05, 0.1) is 5.25 Å². The lowest BCUT2D eigenvalue weighted by Gasteiger charge is -2.14. The van der Waals surface area contributed by atoms with Crippen LogP contribution in [-0.2, 0) is 16.0 Å². The Morgan fingerprint density at radius 3 is 2.80 bits per heavy atom. The summed E-state index contributed by atoms with van der Waals surface area (Å²) in [5.41, 5.74) is 1.21. The normalized spacial score (nSPS) is 17.2. The summed E-state index contributed by atoms with van der Waals surface area (Å²) < 4.78 is 0.546. The van der Waals surface area contributed by atoms with Crippen LogP contribution in [0.4, 0.5) is 5.13 Å². The summed E-state index contributed by atoms with van der Waals surface area (Å²) in [5, 5.41) is 3.21. The zero-order valence-corrected chi connectivity index (χ0v) is 16.0. The molecule has 1 saturated heterocycles. The molecule has 0 radical (unpaired) electrons. The second-order valence-electron chi connectivity index (χ2n) is 5.61. The van der Waals surface area contributed by atoms with Gasteiger partial charge in [-0.1, -0.05) is 54.3 Å². The van der Waals surface area contributed by atoms with Crippen molar-refractivity contribution >= 4 is 56.6 Å². The minimum atomic E-state index is -0.166. The molecular weight excluding hydrogens is 374 g/mol. The molecule has 25 heavy (non-hydrogen) atoms. The van der Waals surface area contributed by atoms with Gasteiger partial charge >= 0.3 is 0 Å². The van der Waals surface area contributed by atoms with Crippen molar-refractivity contribution < 1.29 is 9.59 Å². The van der Waals surface area contributed by atoms with E-state index in [1.54, 1.807) is 6.20 Å². The first-order valence-electron chi connectivity index (χ1n) is 7.83. The Labute approximate surface area is 159 Å². The van der Waals surface area contributed by atoms with E-state index in [1.807, 2.05) is 25.1 Å². The third kappa shape index (κ3) is 4.65. The van der Waals surface area contributed by atoms with Crippen LogP contribution < -0.4 is 5.32 Å². The molecule has 1 aliphatic rings. The molecule has 5 nitrogen and oxygen atoms in total. The Kier molecular flexibility index (Phi) is 5.82. The highest BCUT2D eigenvalue weighted by Crippen LogP contribution is 2.27. The molecule has 0 spiro atoms. The Bertz CT molecular complexity index is 791. The number of hydrogen-bond acceptors (Lipinski definition) is 6. The lowest BCUT2D eigenvalue weighted by molar-refractivity contribution is -0.126. The highest BCUT2D eigenvalue weighted by molar-refractivity contribution is 8.24. The van der Waals surface area contributed by atoms with E-state index in [4.69, 9.17) is 12.2 Å². The van der Waals surface area contributed by atoms with Crippen LogP contribution in [0.3, 0.4) is 0 Å². The van der Waals surface area contributed by atoms with Crippen LogP contribution in [0.2, 0.25) is 0 Å². The van der Waals surface area contributed by atoms with Gasteiger partial charge in [-0.3, -0.25) is 14.5 Å². The zero-order valence-electron chi connectivity index (χ0n) is 13.6. The van der Waals surface area contributed by atoms with Gasteiger partial charge in [0.1, 0.15) is 4.32 Å². The monoisotopic (exact) mass is 391 g/mol. The molecule has 8 heteroatoms. The van der Waals surface area contributed by atoms with Gasteiger partial charge in [-0.05, 0) is 12.5 Å². The number of aromatic nitrogens is 1. The van der Waals surface area contributed by atoms with Crippen LogP contribution in [0, 0.1) is 0 Å². The zero-order chi connectivity index (χ0) is 17.8. The molecule has 1 unspecified atom stereocenters. The number of carbonyl (C=O) groups excluding carboxylic acids is 2. The highest BCUT2D eigenvalue weighted by atomic mass is 32.2. The third-order valence-corrected chi connectivity index (χ3v) is 6.09. The van der Waals surface area contributed by atoms with E-state index < -0.39 is 0 Å². The van der Waals surface area contributed by atoms with Gasteiger partial charge in [-0.2, -0.15) is 0 Å². The summed E-state index contributed by atoms with van der Waals surface area (Å²) in [5.74, 6) is -0.192. The fraction of sp³-hybridized carbons (Fsp3) is 0.294. The number of nitrogens with zero attached hydrogens (tertiary/aromatic N) is 2. The fourth-order valence-corrected chi connectivity index (χ4v) is 4.73. The van der Waals surface area contributed by atoms with Crippen LogP contribution in [-0.4, -0.2) is 37.8 Å². The van der Waals surface area contributed by atoms with Crippen molar-refractivity contribution in [1.29, 1.82) is 0 Å². The number of amides is 2. The van der Waals surface area contributed by atoms with E-state index in [-0.39, 0.29) is 23.5 Å². The molecule has 0 bridgehead atoms. The number of nitrogens with one attached hydrogen (secondary N) is 1. The molecule has 3 rings (SSSR count). The molecule has 0 aliphatic carbocycles. The molecule has 130 valence electrons. The fourth-order valence-electron chi connectivity index (χ4n) is 2.42. The molecule has 1 aromatic heterocycles. The van der Waals surface area contributed by atoms with Gasteiger partial charge in [0.15, 0.2) is 5.13 Å². The van der Waals surface area contributed by atoms with Gasteiger partial charge in [-0.25, -0.2) is 4.98 Å². The average Bonchev–Trinajstić information content (AvgIpc) is 3.11. The van der Waals surface area contributed by atoms with Gasteiger partial charge in [0.2, 0.25) is 11.8 Å². The Morgan fingerprint density at radius 1 is 1.36 bits per heavy atom. The highest BCUT2D eigenvalue weighted by Gasteiger charge is 2.33. The number of hydrogen-bond donors (Lipinski definition) is 1. The predicted molar refractivity (Wildman–Crippen MR) is 106 cm³/mol. The standard InChI is InChI=1S/C17H17N3O2S3/c1-11-15(22)20(17(23)24-11)8-7-14(21)19-16-18-10-13(25-16)9-12-5-3-2-4-6-12/h2-6,10-11H,7-9H2,1H3,(H,18,19,21). The van der Waals surface area contributed by atoms with E-state index >= 15 is 0 Å². The Morgan fingerprint density at radius 2 is 2.12 bits per heavy atom. The second-order valence-corrected chi connectivity index (χ2v) is 8.70. The average molecular weight is 392 g/mol. The topological polar surface area (TPSA) is 62.3 Å². The number of carbonyl (C=O) groups is 2. The molecule has 1 aliphatic heterocycles. The van der Waals surface area contributed by atoms with Crippen molar-refractivity contribution in [3.63, 3.8) is 0 Å². The molecule has 1 fully saturated rings.